The van der Waals surface area contributed by atoms with Crippen molar-refractivity contribution < 1.29 is 0 Å². The summed E-state index contributed by atoms with van der Waals surface area (Å²) in [7, 11) is 0. The van der Waals surface area contributed by atoms with Gasteiger partial charge in [0.1, 0.15) is 0 Å². The summed E-state index contributed by atoms with van der Waals surface area (Å²) in [6, 6.07) is 1.99. The predicted molar refractivity (Wildman–Crippen MR) is 63.6 cm³/mol. The van der Waals surface area contributed by atoms with Crippen molar-refractivity contribution in [1.29, 1.82) is 0 Å². The maximum absolute atomic E-state index is 5.96. The minimum absolute atomic E-state index is 0.777. The van der Waals surface area contributed by atoms with Gasteiger partial charge < -0.3 is 11.5 Å². The molecule has 0 unspecified atom stereocenters. The largest absolute Gasteiger partial charge is 0.398 e. The smallest absolute Gasteiger partial charge is 0.0514 e. The highest BCUT2D eigenvalue weighted by molar-refractivity contribution is 8.01. The third-order valence-corrected chi connectivity index (χ3v) is 3.76. The molecule has 0 spiro atoms. The maximum atomic E-state index is 5.96. The Morgan fingerprint density at radius 3 is 2.23 bits per heavy atom. The minimum atomic E-state index is 0.777. The molecule has 4 heteroatoms. The number of anilines is 2. The van der Waals surface area contributed by atoms with Crippen LogP contribution in [0.3, 0.4) is 0 Å². The van der Waals surface area contributed by atoms with Crippen molar-refractivity contribution in [2.75, 3.05) is 24.0 Å². The van der Waals surface area contributed by atoms with E-state index in [-0.39, 0.29) is 0 Å². The number of hydrogen-bond acceptors (Lipinski definition) is 4. The molecule has 0 saturated carbocycles. The molecule has 0 aliphatic rings. The summed E-state index contributed by atoms with van der Waals surface area (Å²) >= 11 is 3.34. The van der Waals surface area contributed by atoms with E-state index in [2.05, 4.69) is 0 Å². The first-order valence-corrected chi connectivity index (χ1v) is 6.33. The van der Waals surface area contributed by atoms with Crippen LogP contribution in [0.15, 0.2) is 15.9 Å². The molecular formula is C9H14N2S2. The van der Waals surface area contributed by atoms with Gasteiger partial charge in [0.05, 0.1) is 5.69 Å². The Bertz CT molecular complexity index is 324. The van der Waals surface area contributed by atoms with Gasteiger partial charge >= 0.3 is 0 Å². The van der Waals surface area contributed by atoms with Gasteiger partial charge in [0, 0.05) is 15.5 Å². The molecule has 0 bridgehead atoms. The summed E-state index contributed by atoms with van der Waals surface area (Å²) < 4.78 is 0. The topological polar surface area (TPSA) is 52.0 Å². The normalized spacial score (nSPS) is 10.4. The molecular weight excluding hydrogens is 200 g/mol. The van der Waals surface area contributed by atoms with Crippen LogP contribution in [-0.4, -0.2) is 12.5 Å². The van der Waals surface area contributed by atoms with Crippen molar-refractivity contribution in [3.05, 3.63) is 11.6 Å². The lowest BCUT2D eigenvalue weighted by Crippen LogP contribution is -1.99. The fraction of sp³-hybridized carbons (Fsp3) is 0.333. The van der Waals surface area contributed by atoms with Crippen molar-refractivity contribution in [3.8, 4) is 0 Å². The quantitative estimate of drug-likeness (QED) is 0.587. The lowest BCUT2D eigenvalue weighted by molar-refractivity contribution is 1.23. The second-order valence-corrected chi connectivity index (χ2v) is 4.40. The molecule has 0 fully saturated rings. The van der Waals surface area contributed by atoms with Gasteiger partial charge in [-0.1, -0.05) is 0 Å². The second-order valence-electron chi connectivity index (χ2n) is 2.74. The molecule has 4 N–H and O–H groups in total. The number of thioether (sulfide) groups is 2. The van der Waals surface area contributed by atoms with Gasteiger partial charge in [-0.2, -0.15) is 0 Å². The molecule has 0 aliphatic carbocycles. The Morgan fingerprint density at radius 1 is 1.15 bits per heavy atom. The van der Waals surface area contributed by atoms with Crippen LogP contribution < -0.4 is 11.5 Å². The standard InChI is InChI=1S/C9H14N2S2/c1-5-6(10)4-7(12-2)9(13-3)8(5)11/h4H,10-11H2,1-3H3. The van der Waals surface area contributed by atoms with Gasteiger partial charge in [-0.25, -0.2) is 0 Å². The van der Waals surface area contributed by atoms with Crippen molar-refractivity contribution in [2.45, 2.75) is 16.7 Å². The number of nitrogens with two attached hydrogens (primary N) is 2. The average Bonchev–Trinajstić information content (AvgIpc) is 2.13. The molecule has 0 radical (unpaired) electrons. The highest BCUT2D eigenvalue weighted by Gasteiger charge is 2.09. The van der Waals surface area contributed by atoms with Gasteiger partial charge in [0.25, 0.3) is 0 Å². The van der Waals surface area contributed by atoms with Crippen LogP contribution in [0.4, 0.5) is 11.4 Å². The molecule has 0 amide bonds. The fourth-order valence-electron chi connectivity index (χ4n) is 1.14. The van der Waals surface area contributed by atoms with E-state index in [9.17, 15) is 0 Å². The van der Waals surface area contributed by atoms with Crippen LogP contribution in [0.2, 0.25) is 0 Å². The second kappa shape index (κ2) is 4.15. The van der Waals surface area contributed by atoms with E-state index in [1.807, 2.05) is 25.5 Å². The molecule has 1 aromatic rings. The molecule has 0 saturated heterocycles. The zero-order chi connectivity index (χ0) is 10.0. The summed E-state index contributed by atoms with van der Waals surface area (Å²) in [6.45, 7) is 1.95. The molecule has 0 heterocycles. The number of nitrogen functional groups attached to an aromatic ring is 2. The van der Waals surface area contributed by atoms with Gasteiger partial charge in [0.2, 0.25) is 0 Å². The van der Waals surface area contributed by atoms with Crippen LogP contribution >= 0.6 is 23.5 Å². The molecule has 2 nitrogen and oxygen atoms in total. The van der Waals surface area contributed by atoms with Crippen molar-refractivity contribution in [2.24, 2.45) is 0 Å². The summed E-state index contributed by atoms with van der Waals surface area (Å²) in [6.07, 6.45) is 4.06. The third kappa shape index (κ3) is 1.89. The summed E-state index contributed by atoms with van der Waals surface area (Å²) in [5.41, 5.74) is 14.4. The maximum Gasteiger partial charge on any atom is 0.0514 e. The zero-order valence-corrected chi connectivity index (χ0v) is 9.68. The Labute approximate surface area is 87.5 Å². The van der Waals surface area contributed by atoms with Crippen LogP contribution in [0.5, 0.6) is 0 Å². The van der Waals surface area contributed by atoms with E-state index in [1.54, 1.807) is 23.5 Å². The van der Waals surface area contributed by atoms with E-state index in [1.165, 1.54) is 0 Å². The highest BCUT2D eigenvalue weighted by atomic mass is 32.2. The van der Waals surface area contributed by atoms with E-state index < -0.39 is 0 Å². The Hall–Kier alpha value is -0.480. The number of hydrogen-bond donors (Lipinski definition) is 2. The zero-order valence-electron chi connectivity index (χ0n) is 8.05. The number of benzene rings is 1. The van der Waals surface area contributed by atoms with Crippen molar-refractivity contribution >= 4 is 34.9 Å². The fourth-order valence-corrected chi connectivity index (χ4v) is 2.81. The molecule has 72 valence electrons. The van der Waals surface area contributed by atoms with E-state index in [0.29, 0.717) is 0 Å². The molecule has 0 aromatic heterocycles. The lowest BCUT2D eigenvalue weighted by Gasteiger charge is -2.12. The predicted octanol–water partition coefficient (Wildman–Crippen LogP) is 2.60. The Morgan fingerprint density at radius 2 is 1.77 bits per heavy atom. The number of rotatable bonds is 2. The highest BCUT2D eigenvalue weighted by Crippen LogP contribution is 2.37. The van der Waals surface area contributed by atoms with Crippen LogP contribution in [0, 0.1) is 6.92 Å². The third-order valence-electron chi connectivity index (χ3n) is 2.02. The molecule has 0 aliphatic heterocycles. The van der Waals surface area contributed by atoms with E-state index in [0.717, 1.165) is 26.7 Å². The lowest BCUT2D eigenvalue weighted by atomic mass is 10.1. The molecule has 13 heavy (non-hydrogen) atoms. The average molecular weight is 214 g/mol. The molecule has 1 rings (SSSR count). The monoisotopic (exact) mass is 214 g/mol. The van der Waals surface area contributed by atoms with Gasteiger partial charge in [-0.3, -0.25) is 0 Å². The first kappa shape index (κ1) is 10.6. The van der Waals surface area contributed by atoms with Crippen molar-refractivity contribution in [1.82, 2.24) is 0 Å². The molecule has 1 aromatic carbocycles. The summed E-state index contributed by atoms with van der Waals surface area (Å²) in [5, 5.41) is 0. The minimum Gasteiger partial charge on any atom is -0.398 e. The van der Waals surface area contributed by atoms with Gasteiger partial charge in [-0.05, 0) is 31.1 Å². The van der Waals surface area contributed by atoms with Crippen molar-refractivity contribution in [3.63, 3.8) is 0 Å². The van der Waals surface area contributed by atoms with E-state index in [4.69, 9.17) is 11.5 Å². The van der Waals surface area contributed by atoms with Crippen LogP contribution in [0.25, 0.3) is 0 Å². The SMILES string of the molecule is CSc1cc(N)c(C)c(N)c1SC. The van der Waals surface area contributed by atoms with Gasteiger partial charge in [-0.15, -0.1) is 23.5 Å². The van der Waals surface area contributed by atoms with Gasteiger partial charge in [0.15, 0.2) is 0 Å². The first-order chi connectivity index (χ1) is 6.11. The summed E-state index contributed by atoms with van der Waals surface area (Å²) in [4.78, 5) is 2.30. The van der Waals surface area contributed by atoms with Crippen LogP contribution in [0.1, 0.15) is 5.56 Å². The Balaban J connectivity index is 3.39. The summed E-state index contributed by atoms with van der Waals surface area (Å²) in [5.74, 6) is 0. The van der Waals surface area contributed by atoms with Crippen LogP contribution in [-0.2, 0) is 0 Å². The first-order valence-electron chi connectivity index (χ1n) is 3.88. The molecule has 0 atom stereocenters. The van der Waals surface area contributed by atoms with E-state index >= 15 is 0 Å². The Kier molecular flexibility index (Phi) is 3.39.